The maximum absolute atomic E-state index is 13.7. The second kappa shape index (κ2) is 11.0. The predicted molar refractivity (Wildman–Crippen MR) is 147 cm³/mol. The van der Waals surface area contributed by atoms with E-state index in [1.54, 1.807) is 18.5 Å². The molecule has 0 saturated heterocycles. The SMILES string of the molecule is Cc1sc(C(=O)c2cnccc2N[C@@H]2C[C@H](COS(N)(=O)=O)[C@@H](O)C2)cc1[C@@H]1NCCc2ccc(Cl)cc21. The van der Waals surface area contributed by atoms with Crippen LogP contribution in [0, 0.1) is 12.8 Å². The molecule has 9 nitrogen and oxygen atoms in total. The molecule has 0 spiro atoms. The van der Waals surface area contributed by atoms with Gasteiger partial charge in [0.1, 0.15) is 0 Å². The summed E-state index contributed by atoms with van der Waals surface area (Å²) in [4.78, 5) is 19.5. The molecule has 3 aromatic rings. The minimum atomic E-state index is -4.08. The van der Waals surface area contributed by atoms with Crippen LogP contribution in [0.3, 0.4) is 0 Å². The number of hydrogen-bond acceptors (Lipinski definition) is 9. The summed E-state index contributed by atoms with van der Waals surface area (Å²) in [5, 5.41) is 22.9. The first-order valence-corrected chi connectivity index (χ1v) is 15.0. The van der Waals surface area contributed by atoms with Crippen molar-refractivity contribution in [3.05, 3.63) is 79.8 Å². The Kier molecular flexibility index (Phi) is 7.88. The van der Waals surface area contributed by atoms with E-state index in [-0.39, 0.29) is 24.5 Å². The molecule has 3 heterocycles. The summed E-state index contributed by atoms with van der Waals surface area (Å²) < 4.78 is 26.9. The van der Waals surface area contributed by atoms with Crippen LogP contribution in [0.15, 0.2) is 42.7 Å². The zero-order chi connectivity index (χ0) is 27.0. The fourth-order valence-electron chi connectivity index (χ4n) is 5.33. The first-order chi connectivity index (χ1) is 18.1. The molecule has 0 bridgehead atoms. The van der Waals surface area contributed by atoms with Crippen LogP contribution < -0.4 is 15.8 Å². The number of carbonyl (C=O) groups excluding carboxylic acids is 1. The molecule has 1 fully saturated rings. The molecule has 0 amide bonds. The number of anilines is 1. The summed E-state index contributed by atoms with van der Waals surface area (Å²) >= 11 is 7.75. The number of halogens is 1. The smallest absolute Gasteiger partial charge is 0.333 e. The average Bonchev–Trinajstić information content (AvgIpc) is 3.43. The molecule has 12 heteroatoms. The molecule has 5 N–H and O–H groups in total. The van der Waals surface area contributed by atoms with E-state index >= 15 is 0 Å². The lowest BCUT2D eigenvalue weighted by molar-refractivity contribution is 0.101. The predicted octanol–water partition coefficient (Wildman–Crippen LogP) is 3.34. The second-order valence-electron chi connectivity index (χ2n) is 9.77. The van der Waals surface area contributed by atoms with Crippen molar-refractivity contribution in [3.63, 3.8) is 0 Å². The van der Waals surface area contributed by atoms with Crippen LogP contribution >= 0.6 is 22.9 Å². The second-order valence-corrected chi connectivity index (χ2v) is 12.7. The number of rotatable bonds is 8. The Morgan fingerprint density at radius 2 is 2.11 bits per heavy atom. The van der Waals surface area contributed by atoms with Crippen LogP contribution in [0.1, 0.15) is 55.7 Å². The largest absolute Gasteiger partial charge is 0.393 e. The van der Waals surface area contributed by atoms with Crippen molar-refractivity contribution in [1.29, 1.82) is 0 Å². The van der Waals surface area contributed by atoms with Crippen LogP contribution in [0.4, 0.5) is 5.69 Å². The van der Waals surface area contributed by atoms with Crippen molar-refractivity contribution in [1.82, 2.24) is 10.3 Å². The Labute approximate surface area is 230 Å². The lowest BCUT2D eigenvalue weighted by Crippen LogP contribution is -2.30. The highest BCUT2D eigenvalue weighted by atomic mass is 35.5. The minimum absolute atomic E-state index is 0.0433. The molecule has 2 aliphatic rings. The molecule has 38 heavy (non-hydrogen) atoms. The molecule has 0 radical (unpaired) electrons. The Morgan fingerprint density at radius 3 is 2.89 bits per heavy atom. The summed E-state index contributed by atoms with van der Waals surface area (Å²) in [6.45, 7) is 2.66. The maximum Gasteiger partial charge on any atom is 0.333 e. The Bertz CT molecular complexity index is 1460. The topological polar surface area (TPSA) is 144 Å². The molecule has 1 aliphatic heterocycles. The number of aliphatic hydroxyl groups excluding tert-OH is 1. The van der Waals surface area contributed by atoms with Crippen molar-refractivity contribution >= 4 is 44.7 Å². The first-order valence-electron chi connectivity index (χ1n) is 12.3. The minimum Gasteiger partial charge on any atom is -0.393 e. The van der Waals surface area contributed by atoms with Gasteiger partial charge < -0.3 is 15.7 Å². The van der Waals surface area contributed by atoms with Gasteiger partial charge in [0.2, 0.25) is 5.78 Å². The van der Waals surface area contributed by atoms with Gasteiger partial charge in [-0.05, 0) is 67.1 Å². The van der Waals surface area contributed by atoms with Crippen LogP contribution in [0.25, 0.3) is 0 Å². The monoisotopic (exact) mass is 576 g/mol. The molecule has 1 aliphatic carbocycles. The summed E-state index contributed by atoms with van der Waals surface area (Å²) in [6.07, 6.45) is 4.16. The number of carbonyl (C=O) groups is 1. The standard InChI is InChI=1S/C26H29ClN4O5S2/c1-14-19(25-20-9-17(27)3-2-15(20)4-7-30-25)11-24(37-14)26(33)21-12-29-6-5-22(21)31-18-8-16(23(32)10-18)13-36-38(28,34)35/h2-3,5-6,9,11-12,16,18,23,25,30,32H,4,7-8,10,13H2,1H3,(H,29,31)(H2,28,34,35)/t16-,18-,23+,25+/m1/s1. The van der Waals surface area contributed by atoms with Crippen molar-refractivity contribution in [2.45, 2.75) is 44.4 Å². The van der Waals surface area contributed by atoms with Crippen molar-refractivity contribution in [2.75, 3.05) is 18.5 Å². The number of benzene rings is 1. The van der Waals surface area contributed by atoms with Crippen LogP contribution in [-0.4, -0.2) is 49.6 Å². The lowest BCUT2D eigenvalue weighted by Gasteiger charge is -2.27. The van der Waals surface area contributed by atoms with Crippen molar-refractivity contribution in [2.24, 2.45) is 11.1 Å². The number of nitrogens with one attached hydrogen (secondary N) is 2. The van der Waals surface area contributed by atoms with Gasteiger partial charge in [-0.15, -0.1) is 11.3 Å². The first kappa shape index (κ1) is 27.2. The molecule has 5 rings (SSSR count). The molecule has 202 valence electrons. The van der Waals surface area contributed by atoms with E-state index in [0.29, 0.717) is 34.0 Å². The molecular formula is C26H29ClN4O5S2. The number of ketones is 1. The number of aryl methyl sites for hydroxylation is 1. The summed E-state index contributed by atoms with van der Waals surface area (Å²) in [7, 11) is -4.08. The fraction of sp³-hybridized carbons (Fsp3) is 0.385. The zero-order valence-corrected chi connectivity index (χ0v) is 23.1. The van der Waals surface area contributed by atoms with Gasteiger partial charge in [0, 0.05) is 46.5 Å². The number of fused-ring (bicyclic) bond motifs is 1. The molecule has 4 atom stereocenters. The van der Waals surface area contributed by atoms with Crippen molar-refractivity contribution in [3.8, 4) is 0 Å². The fourth-order valence-corrected chi connectivity index (χ4v) is 6.89. The molecule has 2 aromatic heterocycles. The number of pyridine rings is 1. The van der Waals surface area contributed by atoms with Gasteiger partial charge in [0.05, 0.1) is 29.2 Å². The van der Waals surface area contributed by atoms with E-state index in [2.05, 4.69) is 25.9 Å². The number of nitrogens with two attached hydrogens (primary N) is 1. The Morgan fingerprint density at radius 1 is 1.29 bits per heavy atom. The van der Waals surface area contributed by atoms with Gasteiger partial charge in [-0.25, -0.2) is 5.14 Å². The average molecular weight is 577 g/mol. The van der Waals surface area contributed by atoms with Gasteiger partial charge in [-0.3, -0.25) is 14.0 Å². The van der Waals surface area contributed by atoms with Gasteiger partial charge in [0.15, 0.2) is 0 Å². The van der Waals surface area contributed by atoms with Gasteiger partial charge >= 0.3 is 10.3 Å². The molecule has 1 saturated carbocycles. The van der Waals surface area contributed by atoms with Crippen LogP contribution in [-0.2, 0) is 20.9 Å². The number of nitrogens with zero attached hydrogens (tertiary/aromatic N) is 1. The third kappa shape index (κ3) is 5.94. The molecular weight excluding hydrogens is 548 g/mol. The zero-order valence-electron chi connectivity index (χ0n) is 20.7. The maximum atomic E-state index is 13.7. The highest BCUT2D eigenvalue weighted by Crippen LogP contribution is 2.37. The van der Waals surface area contributed by atoms with Gasteiger partial charge in [-0.2, -0.15) is 8.42 Å². The number of hydrogen-bond donors (Lipinski definition) is 4. The third-order valence-corrected chi connectivity index (χ3v) is 8.95. The van der Waals surface area contributed by atoms with E-state index in [1.807, 2.05) is 25.1 Å². The Balaban J connectivity index is 1.35. The number of aromatic nitrogens is 1. The van der Waals surface area contributed by atoms with E-state index < -0.39 is 22.3 Å². The van der Waals surface area contributed by atoms with E-state index in [4.69, 9.17) is 16.7 Å². The van der Waals surface area contributed by atoms with E-state index in [1.165, 1.54) is 16.9 Å². The number of aliphatic hydroxyl groups is 1. The highest BCUT2D eigenvalue weighted by Gasteiger charge is 2.35. The lowest BCUT2D eigenvalue weighted by atomic mass is 9.90. The quantitative estimate of drug-likeness (QED) is 0.299. The number of thiophene rings is 1. The van der Waals surface area contributed by atoms with Gasteiger partial charge in [-0.1, -0.05) is 17.7 Å². The van der Waals surface area contributed by atoms with Gasteiger partial charge in [0.25, 0.3) is 0 Å². The molecule has 0 unspecified atom stereocenters. The van der Waals surface area contributed by atoms with E-state index in [0.717, 1.165) is 29.0 Å². The van der Waals surface area contributed by atoms with Crippen molar-refractivity contribution < 1.29 is 22.5 Å². The third-order valence-electron chi connectivity index (χ3n) is 7.18. The van der Waals surface area contributed by atoms with Crippen LogP contribution in [0.5, 0.6) is 0 Å². The normalized spacial score (nSPS) is 23.3. The Hall–Kier alpha value is -2.38. The molecule has 1 aromatic carbocycles. The summed E-state index contributed by atoms with van der Waals surface area (Å²) in [6, 6.07) is 9.43. The van der Waals surface area contributed by atoms with Crippen LogP contribution in [0.2, 0.25) is 5.02 Å². The summed E-state index contributed by atoms with van der Waals surface area (Å²) in [5.41, 5.74) is 4.47. The summed E-state index contributed by atoms with van der Waals surface area (Å²) in [5.74, 6) is -0.538. The van der Waals surface area contributed by atoms with E-state index in [9.17, 15) is 18.3 Å². The highest BCUT2D eigenvalue weighted by molar-refractivity contribution is 7.84.